The molecule has 0 aliphatic heterocycles. The fraction of sp³-hybridized carbons (Fsp3) is 0.0400. The first-order valence-corrected chi connectivity index (χ1v) is 36.5. The van der Waals surface area contributed by atoms with Gasteiger partial charge in [-0.3, -0.25) is 0 Å². The maximum absolute atomic E-state index is 2.55. The van der Waals surface area contributed by atoms with Crippen LogP contribution in [0.15, 0.2) is 376 Å². The van der Waals surface area contributed by atoms with Crippen molar-refractivity contribution in [1.29, 1.82) is 0 Å². The molecule has 5 aliphatic rings. The van der Waals surface area contributed by atoms with Gasteiger partial charge in [0, 0.05) is 89.0 Å². The van der Waals surface area contributed by atoms with Gasteiger partial charge in [0.2, 0.25) is 0 Å². The van der Waals surface area contributed by atoms with Gasteiger partial charge in [-0.15, -0.1) is 0 Å². The Bertz CT molecular complexity index is 6620. The van der Waals surface area contributed by atoms with Crippen LogP contribution < -0.4 is 9.80 Å². The van der Waals surface area contributed by atoms with Crippen LogP contribution in [0, 0.1) is 5.92 Å². The molecular weight excluding hydrogens is 1260 g/mol. The molecule has 4 nitrogen and oxygen atoms in total. The quantitative estimate of drug-likeness (QED) is 0.111. The Labute approximate surface area is 602 Å². The van der Waals surface area contributed by atoms with Gasteiger partial charge < -0.3 is 18.9 Å². The number of para-hydroxylation sites is 4. The number of benzene rings is 16. The molecule has 0 fully saturated rings. The van der Waals surface area contributed by atoms with E-state index in [2.05, 4.69) is 395 Å². The molecule has 2 unspecified atom stereocenters. The number of aromatic nitrogens is 2. The van der Waals surface area contributed by atoms with E-state index >= 15 is 0 Å². The predicted molar refractivity (Wildman–Crippen MR) is 432 cm³/mol. The number of anilines is 6. The second-order valence-electron chi connectivity index (χ2n) is 28.8. The first-order chi connectivity index (χ1) is 51.6. The summed E-state index contributed by atoms with van der Waals surface area (Å²) >= 11 is 0. The SMILES string of the molecule is C1=CC2c3ccc(-n4c5ccccc5c5cc(N(c6ccccc6)c6c7ccccc7c(N(c7ccccc7)c7ccc8c(c7)c7ccccc7n8-c7ccc8c(c7)C7(c9ccccc9-c9ccccc97)c7ccccc7-8)c7ccccc67)ccc54)cc3C3(c4ccccc4-c4ccccc43)C2C=C1. The molecule has 2 aromatic heterocycles. The smallest absolute Gasteiger partial charge is 0.0726 e. The zero-order valence-electron chi connectivity index (χ0n) is 56.7. The first-order valence-electron chi connectivity index (χ1n) is 36.5. The molecular formula is C100H64N4. The van der Waals surface area contributed by atoms with Crippen molar-refractivity contribution < 1.29 is 0 Å². The Morgan fingerprint density at radius 1 is 0.240 bits per heavy atom. The highest BCUT2D eigenvalue weighted by molar-refractivity contribution is 6.24. The van der Waals surface area contributed by atoms with E-state index in [1.807, 2.05) is 0 Å². The lowest BCUT2D eigenvalue weighted by atomic mass is 9.65. The van der Waals surface area contributed by atoms with E-state index in [4.69, 9.17) is 0 Å². The highest BCUT2D eigenvalue weighted by Gasteiger charge is 2.57. The van der Waals surface area contributed by atoms with E-state index in [0.717, 1.165) is 83.6 Å². The highest BCUT2D eigenvalue weighted by Crippen LogP contribution is 2.67. The predicted octanol–water partition coefficient (Wildman–Crippen LogP) is 25.6. The van der Waals surface area contributed by atoms with Crippen LogP contribution in [-0.2, 0) is 10.8 Å². The summed E-state index contributed by atoms with van der Waals surface area (Å²) in [7, 11) is 0. The molecule has 18 aromatic rings. The summed E-state index contributed by atoms with van der Waals surface area (Å²) in [5.41, 5.74) is 31.5. The molecule has 0 N–H and O–H groups in total. The Balaban J connectivity index is 0.699. The Morgan fingerprint density at radius 3 is 1.07 bits per heavy atom. The summed E-state index contributed by atoms with van der Waals surface area (Å²) < 4.78 is 5.04. The Kier molecular flexibility index (Phi) is 11.9. The third kappa shape index (κ3) is 7.55. The lowest BCUT2D eigenvalue weighted by Crippen LogP contribution is -2.33. The van der Waals surface area contributed by atoms with Gasteiger partial charge in [0.15, 0.2) is 0 Å². The molecule has 0 bridgehead atoms. The normalized spacial score (nSPS) is 15.6. The number of allylic oxidation sites excluding steroid dienone is 4. The largest absolute Gasteiger partial charge is 0.309 e. The Morgan fingerprint density at radius 2 is 0.596 bits per heavy atom. The van der Waals surface area contributed by atoms with Crippen molar-refractivity contribution in [2.75, 3.05) is 9.80 Å². The van der Waals surface area contributed by atoms with Gasteiger partial charge in [0.25, 0.3) is 0 Å². The van der Waals surface area contributed by atoms with Crippen molar-refractivity contribution >= 4 is 99.3 Å². The number of rotatable bonds is 8. The van der Waals surface area contributed by atoms with Gasteiger partial charge in [-0.25, -0.2) is 0 Å². The maximum atomic E-state index is 2.55. The van der Waals surface area contributed by atoms with E-state index in [-0.39, 0.29) is 17.3 Å². The number of fused-ring (bicyclic) bond motifs is 28. The molecule has 0 radical (unpaired) electrons. The zero-order chi connectivity index (χ0) is 67.9. The van der Waals surface area contributed by atoms with E-state index in [9.17, 15) is 0 Å². The summed E-state index contributed by atoms with van der Waals surface area (Å²) in [5, 5.41) is 9.35. The molecule has 23 rings (SSSR count). The number of nitrogens with zero attached hydrogens (tertiary/aromatic N) is 4. The van der Waals surface area contributed by atoms with Crippen LogP contribution in [-0.4, -0.2) is 9.13 Å². The van der Waals surface area contributed by atoms with Crippen LogP contribution in [0.5, 0.6) is 0 Å². The van der Waals surface area contributed by atoms with E-state index in [1.54, 1.807) is 0 Å². The molecule has 484 valence electrons. The van der Waals surface area contributed by atoms with Gasteiger partial charge in [0.1, 0.15) is 0 Å². The van der Waals surface area contributed by atoms with Crippen molar-refractivity contribution in [2.24, 2.45) is 5.92 Å². The molecule has 2 spiro atoms. The second kappa shape index (κ2) is 21.6. The lowest BCUT2D eigenvalue weighted by Gasteiger charge is -2.36. The monoisotopic (exact) mass is 1320 g/mol. The summed E-state index contributed by atoms with van der Waals surface area (Å²) in [4.78, 5) is 5.04. The molecule has 5 aliphatic carbocycles. The minimum absolute atomic E-state index is 0.241. The lowest BCUT2D eigenvalue weighted by molar-refractivity contribution is 0.465. The van der Waals surface area contributed by atoms with Crippen LogP contribution in [0.4, 0.5) is 34.1 Å². The van der Waals surface area contributed by atoms with E-state index in [1.165, 1.54) is 105 Å². The molecule has 2 atom stereocenters. The van der Waals surface area contributed by atoms with Crippen LogP contribution in [0.2, 0.25) is 0 Å². The van der Waals surface area contributed by atoms with Gasteiger partial charge in [-0.05, 0) is 175 Å². The fourth-order valence-electron chi connectivity index (χ4n) is 20.2. The summed E-state index contributed by atoms with van der Waals surface area (Å²) in [6.07, 6.45) is 9.46. The van der Waals surface area contributed by atoms with Crippen LogP contribution >= 0.6 is 0 Å². The zero-order valence-corrected chi connectivity index (χ0v) is 56.7. The van der Waals surface area contributed by atoms with E-state index in [0.29, 0.717) is 0 Å². The van der Waals surface area contributed by atoms with E-state index < -0.39 is 5.41 Å². The number of hydrogen-bond acceptors (Lipinski definition) is 2. The summed E-state index contributed by atoms with van der Waals surface area (Å²) in [6, 6.07) is 133. The molecule has 104 heavy (non-hydrogen) atoms. The van der Waals surface area contributed by atoms with Crippen LogP contribution in [0.3, 0.4) is 0 Å². The Hall–Kier alpha value is -13.3. The molecule has 2 heterocycles. The molecule has 0 saturated heterocycles. The van der Waals surface area contributed by atoms with Crippen molar-refractivity contribution in [3.8, 4) is 44.8 Å². The van der Waals surface area contributed by atoms with Gasteiger partial charge in [-0.1, -0.05) is 279 Å². The number of hydrogen-bond donors (Lipinski definition) is 0. The maximum Gasteiger partial charge on any atom is 0.0726 e. The standard InChI is InChI=1S/C100H64N4/c1-3-27-63(28-4-1)101(65-53-57-95-83(59-65)77-37-17-25-49-93(77)103(95)67-51-55-75-73-35-15-23-47-89(73)99(91(75)61-67)85-43-19-11-31-69(85)70-32-12-20-44-86(70)99)97-79-39-7-9-41-81(79)98(82-42-10-8-40-80(82)97)102(64-29-5-2-6-30-64)66-54-58-96-84(60-66)78-38-18-26-50-94(78)104(96)68-52-56-76-74-36-16-24-48-90(74)100(92(76)62-68)87-45-21-13-33-71(87)72-34-14-22-46-88(72)100/h1-62,73,89H. The average molecular weight is 1320 g/mol. The molecule has 0 amide bonds. The minimum Gasteiger partial charge on any atom is -0.309 e. The van der Waals surface area contributed by atoms with Gasteiger partial charge in [-0.2, -0.15) is 0 Å². The van der Waals surface area contributed by atoms with Crippen molar-refractivity contribution in [3.05, 3.63) is 421 Å². The molecule has 16 aromatic carbocycles. The van der Waals surface area contributed by atoms with Crippen molar-refractivity contribution in [2.45, 2.75) is 16.7 Å². The molecule has 0 saturated carbocycles. The third-order valence-electron chi connectivity index (χ3n) is 24.1. The van der Waals surface area contributed by atoms with Gasteiger partial charge >= 0.3 is 0 Å². The van der Waals surface area contributed by atoms with Crippen molar-refractivity contribution in [3.63, 3.8) is 0 Å². The van der Waals surface area contributed by atoms with Crippen LogP contribution in [0.25, 0.3) is 110 Å². The molecule has 4 heteroatoms. The van der Waals surface area contributed by atoms with Gasteiger partial charge in [0.05, 0.1) is 44.3 Å². The minimum atomic E-state index is -0.464. The second-order valence-corrected chi connectivity index (χ2v) is 28.8. The fourth-order valence-corrected chi connectivity index (χ4v) is 20.2. The third-order valence-corrected chi connectivity index (χ3v) is 24.1. The van der Waals surface area contributed by atoms with Crippen LogP contribution in [0.1, 0.15) is 50.4 Å². The summed E-state index contributed by atoms with van der Waals surface area (Å²) in [5.74, 6) is 0.497. The van der Waals surface area contributed by atoms with Crippen molar-refractivity contribution in [1.82, 2.24) is 9.13 Å². The topological polar surface area (TPSA) is 16.3 Å². The first kappa shape index (κ1) is 57.5. The highest BCUT2D eigenvalue weighted by atomic mass is 15.2. The summed E-state index contributed by atoms with van der Waals surface area (Å²) in [6.45, 7) is 0. The average Bonchev–Trinajstić information content (AvgIpc) is 1.50.